The molecule has 1 amide bonds. The number of carbonyl (C=O) groups is 3. The predicted molar refractivity (Wildman–Crippen MR) is 141 cm³/mol. The molecular formula is C29H29N5O4. The molecular weight excluding hydrogens is 482 g/mol. The largest absolute Gasteiger partial charge is 0.478 e. The summed E-state index contributed by atoms with van der Waals surface area (Å²) in [6.45, 7) is 5.21. The number of piperidine rings is 1. The van der Waals surface area contributed by atoms with Crippen LogP contribution >= 0.6 is 0 Å². The van der Waals surface area contributed by atoms with Gasteiger partial charge in [0.05, 0.1) is 22.8 Å². The molecule has 9 nitrogen and oxygen atoms in total. The Bertz CT molecular complexity index is 1590. The number of imidazole rings is 1. The molecule has 0 unspecified atom stereocenters. The van der Waals surface area contributed by atoms with Crippen molar-refractivity contribution in [3.05, 3.63) is 71.3 Å². The number of likely N-dealkylation sites (tertiary alicyclic amines) is 1. The van der Waals surface area contributed by atoms with Crippen molar-refractivity contribution in [3.63, 3.8) is 0 Å². The second kappa shape index (κ2) is 8.93. The molecule has 38 heavy (non-hydrogen) atoms. The van der Waals surface area contributed by atoms with Gasteiger partial charge in [-0.05, 0) is 73.9 Å². The van der Waals surface area contributed by atoms with Crippen molar-refractivity contribution < 1.29 is 19.5 Å². The van der Waals surface area contributed by atoms with Crippen molar-refractivity contribution in [2.45, 2.75) is 45.6 Å². The maximum Gasteiger partial charge on any atom is 0.335 e. The summed E-state index contributed by atoms with van der Waals surface area (Å²) in [5.41, 5.74) is 4.87. The molecule has 4 aromatic rings. The van der Waals surface area contributed by atoms with E-state index in [2.05, 4.69) is 15.1 Å². The number of carboxylic acid groups (broad SMARTS) is 1. The zero-order chi connectivity index (χ0) is 26.6. The fourth-order valence-corrected chi connectivity index (χ4v) is 5.93. The Morgan fingerprint density at radius 2 is 1.82 bits per heavy atom. The molecule has 1 saturated heterocycles. The molecule has 6 rings (SSSR count). The highest BCUT2D eigenvalue weighted by Crippen LogP contribution is 2.44. The van der Waals surface area contributed by atoms with E-state index >= 15 is 0 Å². The van der Waals surface area contributed by atoms with Crippen molar-refractivity contribution in [3.8, 4) is 11.1 Å². The summed E-state index contributed by atoms with van der Waals surface area (Å²) in [6, 6.07) is 12.5. The predicted octanol–water partition coefficient (Wildman–Crippen LogP) is 4.76. The number of aromatic amines is 1. The van der Waals surface area contributed by atoms with Gasteiger partial charge in [-0.25, -0.2) is 9.78 Å². The number of H-pyrrole nitrogens is 1. The van der Waals surface area contributed by atoms with Gasteiger partial charge in [0.1, 0.15) is 5.69 Å². The first kappa shape index (κ1) is 24.1. The van der Waals surface area contributed by atoms with E-state index in [0.29, 0.717) is 30.5 Å². The highest BCUT2D eigenvalue weighted by Gasteiger charge is 2.43. The second-order valence-corrected chi connectivity index (χ2v) is 10.8. The minimum Gasteiger partial charge on any atom is -0.478 e. The molecule has 2 N–H and O–H groups in total. The van der Waals surface area contributed by atoms with Crippen molar-refractivity contribution >= 4 is 28.7 Å². The summed E-state index contributed by atoms with van der Waals surface area (Å²) in [4.78, 5) is 47.3. The van der Waals surface area contributed by atoms with Gasteiger partial charge in [-0.2, -0.15) is 5.10 Å². The van der Waals surface area contributed by atoms with Gasteiger partial charge >= 0.3 is 5.97 Å². The Kier molecular flexibility index (Phi) is 5.66. The topological polar surface area (TPSA) is 121 Å². The van der Waals surface area contributed by atoms with Crippen LogP contribution in [0.15, 0.2) is 48.7 Å². The summed E-state index contributed by atoms with van der Waals surface area (Å²) in [6.07, 6.45) is 4.69. The number of Topliss-reactive ketones (excluding diaryl/α,β-unsaturated/α-hetero) is 1. The highest BCUT2D eigenvalue weighted by atomic mass is 16.4. The monoisotopic (exact) mass is 511 g/mol. The number of fused-ring (bicyclic) bond motifs is 2. The first-order chi connectivity index (χ1) is 18.2. The minimum atomic E-state index is -0.977. The molecule has 2 aromatic heterocycles. The van der Waals surface area contributed by atoms with Crippen LogP contribution in [-0.2, 0) is 6.42 Å². The third kappa shape index (κ3) is 4.08. The van der Waals surface area contributed by atoms with Crippen LogP contribution in [0.25, 0.3) is 22.2 Å². The number of hydrogen-bond donors (Lipinski definition) is 2. The Hall–Kier alpha value is -4.27. The van der Waals surface area contributed by atoms with Crippen molar-refractivity contribution in [1.82, 2.24) is 24.6 Å². The van der Waals surface area contributed by atoms with Gasteiger partial charge in [0.15, 0.2) is 11.6 Å². The third-order valence-corrected chi connectivity index (χ3v) is 7.96. The average Bonchev–Trinajstić information content (AvgIpc) is 3.53. The van der Waals surface area contributed by atoms with E-state index in [1.807, 2.05) is 53.9 Å². The van der Waals surface area contributed by atoms with E-state index in [4.69, 9.17) is 0 Å². The molecule has 194 valence electrons. The Labute approximate surface area is 219 Å². The van der Waals surface area contributed by atoms with E-state index in [0.717, 1.165) is 41.6 Å². The minimum absolute atomic E-state index is 0.126. The molecule has 1 spiro atoms. The standard InChI is InChI=1S/C29H29N5O4/c1-17(2)34-25-21(16-30-34)14-29(15-24(25)35)8-10-33(11-9-29)27(36)26-31-22-7-6-19(13-23(22)32-26)18-4-3-5-20(12-18)28(37)38/h3-7,12-13,16-17H,8-11,14-15H2,1-2H3,(H,31,32)(H,37,38). The third-order valence-electron chi connectivity index (χ3n) is 7.96. The van der Waals surface area contributed by atoms with Gasteiger partial charge in [-0.1, -0.05) is 18.2 Å². The second-order valence-electron chi connectivity index (χ2n) is 10.8. The van der Waals surface area contributed by atoms with Crippen LogP contribution in [0, 0.1) is 5.41 Å². The number of carbonyl (C=O) groups excluding carboxylic acids is 2. The van der Waals surface area contributed by atoms with E-state index in [1.54, 1.807) is 18.2 Å². The Balaban J connectivity index is 1.18. The smallest absolute Gasteiger partial charge is 0.335 e. The number of hydrogen-bond acceptors (Lipinski definition) is 5. The molecule has 0 bridgehead atoms. The number of carboxylic acids is 1. The molecule has 9 heteroatoms. The van der Waals surface area contributed by atoms with Crippen LogP contribution in [0.5, 0.6) is 0 Å². The molecule has 1 fully saturated rings. The van der Waals surface area contributed by atoms with Gasteiger partial charge in [-0.15, -0.1) is 0 Å². The molecule has 3 heterocycles. The lowest BCUT2D eigenvalue weighted by Crippen LogP contribution is -2.46. The van der Waals surface area contributed by atoms with Crippen molar-refractivity contribution in [2.75, 3.05) is 13.1 Å². The van der Waals surface area contributed by atoms with Crippen LogP contribution in [0.3, 0.4) is 0 Å². The summed E-state index contributed by atoms with van der Waals surface area (Å²) in [5, 5.41) is 13.8. The Morgan fingerprint density at radius 1 is 1.05 bits per heavy atom. The maximum absolute atomic E-state index is 13.3. The lowest BCUT2D eigenvalue weighted by molar-refractivity contribution is 0.0508. The number of amides is 1. The number of benzene rings is 2. The van der Waals surface area contributed by atoms with Crippen molar-refractivity contribution in [2.24, 2.45) is 5.41 Å². The number of aromatic nitrogens is 4. The summed E-state index contributed by atoms with van der Waals surface area (Å²) < 4.78 is 1.83. The van der Waals surface area contributed by atoms with Crippen LogP contribution in [-0.4, -0.2) is 60.5 Å². The number of ketones is 1. The molecule has 0 radical (unpaired) electrons. The summed E-state index contributed by atoms with van der Waals surface area (Å²) in [7, 11) is 0. The van der Waals surface area contributed by atoms with E-state index in [-0.39, 0.29) is 34.5 Å². The first-order valence-electron chi connectivity index (χ1n) is 13.0. The van der Waals surface area contributed by atoms with Gasteiger partial charge < -0.3 is 15.0 Å². The number of aromatic carboxylic acids is 1. The SMILES string of the molecule is CC(C)n1ncc2c1C(=O)CC1(CCN(C(=O)c3nc4ccc(-c5cccc(C(=O)O)c5)cc4[nH]3)CC1)C2. The fourth-order valence-electron chi connectivity index (χ4n) is 5.93. The lowest BCUT2D eigenvalue weighted by Gasteiger charge is -2.43. The number of rotatable bonds is 4. The molecule has 2 aromatic carbocycles. The molecule has 1 aliphatic heterocycles. The summed E-state index contributed by atoms with van der Waals surface area (Å²) in [5.74, 6) is -0.693. The quantitative estimate of drug-likeness (QED) is 0.408. The Morgan fingerprint density at radius 3 is 2.55 bits per heavy atom. The van der Waals surface area contributed by atoms with Crippen molar-refractivity contribution in [1.29, 1.82) is 0 Å². The zero-order valence-corrected chi connectivity index (χ0v) is 21.4. The maximum atomic E-state index is 13.3. The molecule has 1 aliphatic carbocycles. The van der Waals surface area contributed by atoms with Gasteiger partial charge in [0.25, 0.3) is 5.91 Å². The first-order valence-corrected chi connectivity index (χ1v) is 13.0. The zero-order valence-electron chi connectivity index (χ0n) is 21.4. The molecule has 0 atom stereocenters. The normalized spacial score (nSPS) is 16.8. The molecule has 0 saturated carbocycles. The van der Waals surface area contributed by atoms with Crippen LogP contribution in [0.1, 0.15) is 76.2 Å². The van der Waals surface area contributed by atoms with E-state index in [9.17, 15) is 19.5 Å². The van der Waals surface area contributed by atoms with E-state index < -0.39 is 5.97 Å². The van der Waals surface area contributed by atoms with Crippen LogP contribution < -0.4 is 0 Å². The number of nitrogens with one attached hydrogen (secondary N) is 1. The van der Waals surface area contributed by atoms with Crippen LogP contribution in [0.4, 0.5) is 0 Å². The summed E-state index contributed by atoms with van der Waals surface area (Å²) >= 11 is 0. The molecule has 2 aliphatic rings. The van der Waals surface area contributed by atoms with E-state index in [1.165, 1.54) is 0 Å². The lowest BCUT2D eigenvalue weighted by atomic mass is 9.67. The highest BCUT2D eigenvalue weighted by molar-refractivity contribution is 5.98. The van der Waals surface area contributed by atoms with Crippen LogP contribution in [0.2, 0.25) is 0 Å². The average molecular weight is 512 g/mol. The van der Waals surface area contributed by atoms with Gasteiger partial charge in [-0.3, -0.25) is 14.3 Å². The van der Waals surface area contributed by atoms with Gasteiger partial charge in [0, 0.05) is 31.1 Å². The fraction of sp³-hybridized carbons (Fsp3) is 0.345. The number of nitrogens with zero attached hydrogens (tertiary/aromatic N) is 4. The van der Waals surface area contributed by atoms with Gasteiger partial charge in [0.2, 0.25) is 0 Å².